The fourth-order valence-electron chi connectivity index (χ4n) is 3.44. The Labute approximate surface area is 122 Å². The monoisotopic (exact) mass is 304 g/mol. The summed E-state index contributed by atoms with van der Waals surface area (Å²) in [6.45, 7) is 5.59. The molecule has 118 valence electrons. The average molecular weight is 304 g/mol. The van der Waals surface area contributed by atoms with E-state index in [2.05, 4.69) is 18.6 Å². The molecule has 3 unspecified atom stereocenters. The Bertz CT molecular complexity index is 405. The molecule has 2 N–H and O–H groups in total. The van der Waals surface area contributed by atoms with Crippen LogP contribution < -0.4 is 4.72 Å². The predicted octanol–water partition coefficient (Wildman–Crippen LogP) is 1.35. The molecule has 6 heteroatoms. The van der Waals surface area contributed by atoms with Crippen molar-refractivity contribution in [2.75, 3.05) is 19.7 Å². The summed E-state index contributed by atoms with van der Waals surface area (Å²) in [5, 5.41) is 9.12. The number of hydrogen-bond donors (Lipinski definition) is 2. The molecule has 2 rings (SSSR count). The smallest absolute Gasteiger partial charge is 0.279 e. The second kappa shape index (κ2) is 6.73. The summed E-state index contributed by atoms with van der Waals surface area (Å²) in [5.74, 6) is 1.37. The van der Waals surface area contributed by atoms with Crippen LogP contribution in [0.3, 0.4) is 0 Å². The Morgan fingerprint density at radius 3 is 2.35 bits per heavy atom. The summed E-state index contributed by atoms with van der Waals surface area (Å²) >= 11 is 0. The molecule has 1 saturated heterocycles. The van der Waals surface area contributed by atoms with Crippen molar-refractivity contribution in [1.82, 2.24) is 9.03 Å². The van der Waals surface area contributed by atoms with Crippen LogP contribution in [-0.4, -0.2) is 43.6 Å². The molecule has 2 fully saturated rings. The molecule has 1 aliphatic carbocycles. The van der Waals surface area contributed by atoms with Crippen LogP contribution in [0, 0.1) is 17.8 Å². The first kappa shape index (κ1) is 16.2. The van der Waals surface area contributed by atoms with E-state index in [1.807, 2.05) is 0 Å². The van der Waals surface area contributed by atoms with E-state index in [1.54, 1.807) is 4.31 Å². The normalized spacial score (nSPS) is 34.2. The zero-order valence-corrected chi connectivity index (χ0v) is 13.4. The van der Waals surface area contributed by atoms with Crippen molar-refractivity contribution < 1.29 is 13.5 Å². The molecule has 20 heavy (non-hydrogen) atoms. The zero-order chi connectivity index (χ0) is 14.8. The van der Waals surface area contributed by atoms with Crippen LogP contribution in [0.2, 0.25) is 0 Å². The van der Waals surface area contributed by atoms with Gasteiger partial charge < -0.3 is 5.11 Å². The SMILES string of the molecule is CC1CCC(NS(=O)(=O)N2CCC(CO)CC2)C(C)C1. The summed E-state index contributed by atoms with van der Waals surface area (Å²) < 4.78 is 29.3. The molecular weight excluding hydrogens is 276 g/mol. The summed E-state index contributed by atoms with van der Waals surface area (Å²) in [5.41, 5.74) is 0. The van der Waals surface area contributed by atoms with E-state index in [4.69, 9.17) is 5.11 Å². The first-order valence-corrected chi connectivity index (χ1v) is 9.24. The number of nitrogens with one attached hydrogen (secondary N) is 1. The van der Waals surface area contributed by atoms with Gasteiger partial charge in [-0.25, -0.2) is 0 Å². The highest BCUT2D eigenvalue weighted by molar-refractivity contribution is 7.87. The Kier molecular flexibility index (Phi) is 5.45. The third-order valence-electron chi connectivity index (χ3n) is 4.90. The molecule has 2 aliphatic rings. The lowest BCUT2D eigenvalue weighted by Crippen LogP contribution is -2.51. The molecule has 1 saturated carbocycles. The number of hydrogen-bond acceptors (Lipinski definition) is 3. The molecule has 0 aromatic rings. The largest absolute Gasteiger partial charge is 0.396 e. The van der Waals surface area contributed by atoms with E-state index < -0.39 is 10.2 Å². The van der Waals surface area contributed by atoms with Gasteiger partial charge in [0.1, 0.15) is 0 Å². The molecule has 0 radical (unpaired) electrons. The van der Waals surface area contributed by atoms with Crippen LogP contribution in [0.5, 0.6) is 0 Å². The Morgan fingerprint density at radius 2 is 1.80 bits per heavy atom. The maximum atomic E-state index is 12.4. The van der Waals surface area contributed by atoms with Crippen LogP contribution in [0.15, 0.2) is 0 Å². The van der Waals surface area contributed by atoms with Gasteiger partial charge in [0.25, 0.3) is 10.2 Å². The summed E-state index contributed by atoms with van der Waals surface area (Å²) in [6.07, 6.45) is 4.65. The minimum atomic E-state index is -3.36. The van der Waals surface area contributed by atoms with Crippen molar-refractivity contribution in [1.29, 1.82) is 0 Å². The minimum absolute atomic E-state index is 0.0757. The van der Waals surface area contributed by atoms with Gasteiger partial charge in [0.2, 0.25) is 0 Å². The number of aliphatic hydroxyl groups is 1. The fraction of sp³-hybridized carbons (Fsp3) is 1.00. The van der Waals surface area contributed by atoms with Gasteiger partial charge in [0.15, 0.2) is 0 Å². The first-order valence-electron chi connectivity index (χ1n) is 7.80. The summed E-state index contributed by atoms with van der Waals surface area (Å²) in [4.78, 5) is 0. The summed E-state index contributed by atoms with van der Waals surface area (Å²) in [6, 6.07) is 0.0757. The number of aliphatic hydroxyl groups excluding tert-OH is 1. The van der Waals surface area contributed by atoms with Crippen molar-refractivity contribution in [2.24, 2.45) is 17.8 Å². The highest BCUT2D eigenvalue weighted by atomic mass is 32.2. The zero-order valence-electron chi connectivity index (χ0n) is 12.6. The van der Waals surface area contributed by atoms with Crippen LogP contribution in [0.4, 0.5) is 0 Å². The maximum Gasteiger partial charge on any atom is 0.279 e. The van der Waals surface area contributed by atoms with Crippen molar-refractivity contribution in [3.63, 3.8) is 0 Å². The van der Waals surface area contributed by atoms with Crippen molar-refractivity contribution >= 4 is 10.2 Å². The second-order valence-corrected chi connectivity index (χ2v) is 8.35. The van der Waals surface area contributed by atoms with E-state index in [9.17, 15) is 8.42 Å². The third-order valence-corrected chi connectivity index (χ3v) is 6.55. The molecule has 0 spiro atoms. The standard InChI is InChI=1S/C14H28N2O3S/c1-11-3-4-14(12(2)9-11)15-20(18,19)16-7-5-13(10-17)6-8-16/h11-15,17H,3-10H2,1-2H3. The molecule has 0 bridgehead atoms. The topological polar surface area (TPSA) is 69.6 Å². The molecule has 0 aromatic carbocycles. The lowest BCUT2D eigenvalue weighted by atomic mass is 9.80. The van der Waals surface area contributed by atoms with Gasteiger partial charge in [-0.05, 0) is 49.9 Å². The molecule has 1 heterocycles. The van der Waals surface area contributed by atoms with E-state index in [-0.39, 0.29) is 18.6 Å². The van der Waals surface area contributed by atoms with E-state index in [0.29, 0.717) is 24.9 Å². The van der Waals surface area contributed by atoms with Crippen molar-refractivity contribution in [2.45, 2.75) is 52.0 Å². The Hall–Kier alpha value is -0.170. The van der Waals surface area contributed by atoms with Gasteiger partial charge in [0, 0.05) is 25.7 Å². The highest BCUT2D eigenvalue weighted by Crippen LogP contribution is 2.29. The van der Waals surface area contributed by atoms with E-state index in [0.717, 1.165) is 32.1 Å². The average Bonchev–Trinajstić information content (AvgIpc) is 2.42. The Balaban J connectivity index is 1.91. The molecular formula is C14H28N2O3S. The molecule has 0 aromatic heterocycles. The first-order chi connectivity index (χ1) is 9.42. The minimum Gasteiger partial charge on any atom is -0.396 e. The van der Waals surface area contributed by atoms with Crippen LogP contribution in [0.25, 0.3) is 0 Å². The molecule has 3 atom stereocenters. The lowest BCUT2D eigenvalue weighted by molar-refractivity contribution is 0.168. The van der Waals surface area contributed by atoms with Crippen molar-refractivity contribution in [3.8, 4) is 0 Å². The fourth-order valence-corrected chi connectivity index (χ4v) is 5.01. The number of nitrogens with zero attached hydrogens (tertiary/aromatic N) is 1. The van der Waals surface area contributed by atoms with E-state index in [1.165, 1.54) is 0 Å². The second-order valence-electron chi connectivity index (χ2n) is 6.65. The van der Waals surface area contributed by atoms with Crippen LogP contribution in [-0.2, 0) is 10.2 Å². The lowest BCUT2D eigenvalue weighted by Gasteiger charge is -2.36. The van der Waals surface area contributed by atoms with Gasteiger partial charge in [-0.3, -0.25) is 0 Å². The maximum absolute atomic E-state index is 12.4. The number of piperidine rings is 1. The molecule has 0 amide bonds. The summed E-state index contributed by atoms with van der Waals surface area (Å²) in [7, 11) is -3.36. The number of rotatable bonds is 4. The van der Waals surface area contributed by atoms with E-state index >= 15 is 0 Å². The molecule has 5 nitrogen and oxygen atoms in total. The predicted molar refractivity (Wildman–Crippen MR) is 79.4 cm³/mol. The van der Waals surface area contributed by atoms with Crippen LogP contribution >= 0.6 is 0 Å². The van der Waals surface area contributed by atoms with Gasteiger partial charge in [-0.15, -0.1) is 0 Å². The van der Waals surface area contributed by atoms with Crippen molar-refractivity contribution in [3.05, 3.63) is 0 Å². The molecule has 1 aliphatic heterocycles. The quantitative estimate of drug-likeness (QED) is 0.824. The Morgan fingerprint density at radius 1 is 1.15 bits per heavy atom. The highest BCUT2D eigenvalue weighted by Gasteiger charge is 2.33. The third kappa shape index (κ3) is 3.93. The van der Waals surface area contributed by atoms with Gasteiger partial charge >= 0.3 is 0 Å². The van der Waals surface area contributed by atoms with Gasteiger partial charge in [-0.2, -0.15) is 17.4 Å². The van der Waals surface area contributed by atoms with Gasteiger partial charge in [-0.1, -0.05) is 13.8 Å². The van der Waals surface area contributed by atoms with Gasteiger partial charge in [0.05, 0.1) is 0 Å². The van der Waals surface area contributed by atoms with Crippen LogP contribution in [0.1, 0.15) is 46.0 Å².